The van der Waals surface area contributed by atoms with Gasteiger partial charge >= 0.3 is 0 Å². The molecule has 0 spiro atoms. The lowest BCUT2D eigenvalue weighted by Crippen LogP contribution is -2.42. The number of nitrogens with one attached hydrogen (secondary N) is 1. The Bertz CT molecular complexity index is 499. The fourth-order valence-electron chi connectivity index (χ4n) is 1.65. The fraction of sp³-hybridized carbons (Fsp3) is 0.250. The minimum absolute atomic E-state index is 0.221. The first-order valence-corrected chi connectivity index (χ1v) is 6.34. The van der Waals surface area contributed by atoms with Crippen LogP contribution in [0.2, 0.25) is 0 Å². The summed E-state index contributed by atoms with van der Waals surface area (Å²) in [5, 5.41) is 2.04. The minimum atomic E-state index is -0.479. The average molecular weight is 264 g/mol. The molecule has 1 unspecified atom stereocenters. The maximum absolute atomic E-state index is 11.6. The number of carbonyl (C=O) groups is 3. The van der Waals surface area contributed by atoms with E-state index in [1.165, 1.54) is 11.8 Å². The standard InChI is InChI=1S/C12H12N2O3S/c13-11(16)7-1-3-8(4-2-7)18-9-5-6-10(15)14-12(9)17/h1-4,9H,5-6H2,(H2,13,16)(H,14,15,17). The van der Waals surface area contributed by atoms with Gasteiger partial charge in [0.25, 0.3) is 0 Å². The van der Waals surface area contributed by atoms with Crippen molar-refractivity contribution in [1.29, 1.82) is 0 Å². The number of nitrogens with two attached hydrogens (primary N) is 1. The monoisotopic (exact) mass is 264 g/mol. The van der Waals surface area contributed by atoms with E-state index in [4.69, 9.17) is 5.73 Å². The molecule has 6 heteroatoms. The summed E-state index contributed by atoms with van der Waals surface area (Å²) in [6, 6.07) is 6.73. The van der Waals surface area contributed by atoms with E-state index in [0.29, 0.717) is 18.4 Å². The molecule has 1 aromatic rings. The molecule has 0 radical (unpaired) electrons. The third kappa shape index (κ3) is 2.89. The van der Waals surface area contributed by atoms with Gasteiger partial charge in [-0.15, -0.1) is 11.8 Å². The molecule has 94 valence electrons. The number of amides is 3. The molecule has 1 saturated heterocycles. The van der Waals surface area contributed by atoms with E-state index in [1.54, 1.807) is 24.3 Å². The molecule has 18 heavy (non-hydrogen) atoms. The summed E-state index contributed by atoms with van der Waals surface area (Å²) in [7, 11) is 0. The predicted octanol–water partition coefficient (Wildman–Crippen LogP) is 0.683. The van der Waals surface area contributed by atoms with Crippen LogP contribution in [0.5, 0.6) is 0 Å². The molecular formula is C12H12N2O3S. The summed E-state index contributed by atoms with van der Waals surface area (Å²) in [6.07, 6.45) is 0.898. The number of carbonyl (C=O) groups excluding carboxylic acids is 3. The van der Waals surface area contributed by atoms with Crippen LogP contribution in [0.25, 0.3) is 0 Å². The largest absolute Gasteiger partial charge is 0.366 e. The summed E-state index contributed by atoms with van der Waals surface area (Å²) in [5.41, 5.74) is 5.57. The van der Waals surface area contributed by atoms with Gasteiger partial charge in [0, 0.05) is 16.9 Å². The Hall–Kier alpha value is -1.82. The summed E-state index contributed by atoms with van der Waals surface area (Å²) < 4.78 is 0. The molecule has 5 nitrogen and oxygen atoms in total. The summed E-state index contributed by atoms with van der Waals surface area (Å²) >= 11 is 1.38. The summed E-state index contributed by atoms with van der Waals surface area (Å²) in [4.78, 5) is 34.3. The van der Waals surface area contributed by atoms with Crippen molar-refractivity contribution in [1.82, 2.24) is 5.32 Å². The number of imide groups is 1. The second kappa shape index (κ2) is 5.22. The Morgan fingerprint density at radius 2 is 1.94 bits per heavy atom. The van der Waals surface area contributed by atoms with E-state index in [0.717, 1.165) is 4.90 Å². The maximum atomic E-state index is 11.6. The highest BCUT2D eigenvalue weighted by atomic mass is 32.2. The molecule has 0 saturated carbocycles. The van der Waals surface area contributed by atoms with E-state index in [2.05, 4.69) is 5.32 Å². The second-order valence-electron chi connectivity index (χ2n) is 3.95. The van der Waals surface area contributed by atoms with Crippen molar-refractivity contribution >= 4 is 29.5 Å². The Morgan fingerprint density at radius 3 is 2.50 bits per heavy atom. The number of rotatable bonds is 3. The number of piperidine rings is 1. The Kier molecular flexibility index (Phi) is 3.66. The maximum Gasteiger partial charge on any atom is 0.248 e. The highest BCUT2D eigenvalue weighted by molar-refractivity contribution is 8.00. The van der Waals surface area contributed by atoms with Crippen LogP contribution in [-0.4, -0.2) is 23.0 Å². The zero-order chi connectivity index (χ0) is 13.1. The van der Waals surface area contributed by atoms with Gasteiger partial charge in [-0.1, -0.05) is 0 Å². The van der Waals surface area contributed by atoms with Crippen molar-refractivity contribution in [3.8, 4) is 0 Å². The van der Waals surface area contributed by atoms with Gasteiger partial charge in [0.2, 0.25) is 17.7 Å². The third-order valence-electron chi connectivity index (χ3n) is 2.61. The van der Waals surface area contributed by atoms with Gasteiger partial charge in [0.1, 0.15) is 0 Å². The first-order valence-electron chi connectivity index (χ1n) is 5.46. The van der Waals surface area contributed by atoms with Gasteiger partial charge in [0.05, 0.1) is 5.25 Å². The molecule has 1 heterocycles. The molecule has 3 amide bonds. The highest BCUT2D eigenvalue weighted by Crippen LogP contribution is 2.28. The topological polar surface area (TPSA) is 89.3 Å². The summed E-state index contributed by atoms with van der Waals surface area (Å²) in [5.74, 6) is -0.955. The zero-order valence-electron chi connectivity index (χ0n) is 9.51. The van der Waals surface area contributed by atoms with Crippen molar-refractivity contribution in [2.24, 2.45) is 5.73 Å². The van der Waals surface area contributed by atoms with E-state index in [-0.39, 0.29) is 17.1 Å². The fourth-order valence-corrected chi connectivity index (χ4v) is 2.67. The van der Waals surface area contributed by atoms with Crippen molar-refractivity contribution in [2.45, 2.75) is 23.0 Å². The molecule has 1 aromatic carbocycles. The molecule has 3 N–H and O–H groups in total. The van der Waals surface area contributed by atoms with E-state index in [1.807, 2.05) is 0 Å². The Morgan fingerprint density at radius 1 is 1.28 bits per heavy atom. The van der Waals surface area contributed by atoms with Crippen molar-refractivity contribution in [2.75, 3.05) is 0 Å². The number of hydrogen-bond donors (Lipinski definition) is 2. The van der Waals surface area contributed by atoms with Gasteiger partial charge in [0.15, 0.2) is 0 Å². The van der Waals surface area contributed by atoms with Gasteiger partial charge in [-0.3, -0.25) is 19.7 Å². The van der Waals surface area contributed by atoms with E-state index >= 15 is 0 Å². The number of benzene rings is 1. The Balaban J connectivity index is 2.03. The summed E-state index contributed by atoms with van der Waals surface area (Å²) in [6.45, 7) is 0. The molecule has 2 rings (SSSR count). The number of thioether (sulfide) groups is 1. The van der Waals surface area contributed by atoms with Crippen LogP contribution in [0.4, 0.5) is 0 Å². The molecule has 0 bridgehead atoms. The van der Waals surface area contributed by atoms with Crippen LogP contribution in [-0.2, 0) is 9.59 Å². The van der Waals surface area contributed by atoms with Gasteiger partial charge < -0.3 is 5.73 Å². The molecule has 1 aliphatic heterocycles. The van der Waals surface area contributed by atoms with Crippen LogP contribution >= 0.6 is 11.8 Å². The smallest absolute Gasteiger partial charge is 0.248 e. The first-order chi connectivity index (χ1) is 8.56. The molecule has 1 fully saturated rings. The predicted molar refractivity (Wildman–Crippen MR) is 67.0 cm³/mol. The van der Waals surface area contributed by atoms with Crippen LogP contribution < -0.4 is 11.1 Å². The lowest BCUT2D eigenvalue weighted by molar-refractivity contribution is -0.132. The highest BCUT2D eigenvalue weighted by Gasteiger charge is 2.27. The van der Waals surface area contributed by atoms with Gasteiger partial charge in [-0.25, -0.2) is 0 Å². The average Bonchev–Trinajstić information content (AvgIpc) is 2.33. The molecule has 0 aromatic heterocycles. The molecule has 0 aliphatic carbocycles. The van der Waals surface area contributed by atoms with E-state index in [9.17, 15) is 14.4 Å². The number of primary amides is 1. The Labute approximate surface area is 108 Å². The molecular weight excluding hydrogens is 252 g/mol. The van der Waals surface area contributed by atoms with Crippen LogP contribution in [0.3, 0.4) is 0 Å². The van der Waals surface area contributed by atoms with Crippen LogP contribution in [0.15, 0.2) is 29.2 Å². The molecule has 1 atom stereocenters. The quantitative estimate of drug-likeness (QED) is 0.786. The lowest BCUT2D eigenvalue weighted by atomic mass is 10.1. The minimum Gasteiger partial charge on any atom is -0.366 e. The van der Waals surface area contributed by atoms with Crippen molar-refractivity contribution in [3.05, 3.63) is 29.8 Å². The normalized spacial score (nSPS) is 19.4. The zero-order valence-corrected chi connectivity index (χ0v) is 10.3. The first kappa shape index (κ1) is 12.6. The van der Waals surface area contributed by atoms with Crippen molar-refractivity contribution < 1.29 is 14.4 Å². The van der Waals surface area contributed by atoms with Gasteiger partial charge in [-0.05, 0) is 30.7 Å². The van der Waals surface area contributed by atoms with Crippen LogP contribution in [0, 0.1) is 0 Å². The van der Waals surface area contributed by atoms with Crippen molar-refractivity contribution in [3.63, 3.8) is 0 Å². The SMILES string of the molecule is NC(=O)c1ccc(SC2CCC(=O)NC2=O)cc1. The van der Waals surface area contributed by atoms with Gasteiger partial charge in [-0.2, -0.15) is 0 Å². The molecule has 1 aliphatic rings. The van der Waals surface area contributed by atoms with E-state index < -0.39 is 5.91 Å². The second-order valence-corrected chi connectivity index (χ2v) is 5.22. The lowest BCUT2D eigenvalue weighted by Gasteiger charge is -2.20. The van der Waals surface area contributed by atoms with Crippen LogP contribution in [0.1, 0.15) is 23.2 Å². The number of hydrogen-bond acceptors (Lipinski definition) is 4. The third-order valence-corrected chi connectivity index (χ3v) is 3.88.